The van der Waals surface area contributed by atoms with Gasteiger partial charge in [0.15, 0.2) is 5.78 Å². The van der Waals surface area contributed by atoms with Gasteiger partial charge in [-0.25, -0.2) is 0 Å². The van der Waals surface area contributed by atoms with Crippen molar-refractivity contribution in [3.05, 3.63) is 0 Å². The number of Topliss-reactive ketones (excluding diaryl/α,β-unsaturated/α-hetero) is 1. The molecule has 0 aliphatic heterocycles. The second-order valence-electron chi connectivity index (χ2n) is 9.80. The van der Waals surface area contributed by atoms with E-state index in [2.05, 4.69) is 11.8 Å². The molecule has 0 aromatic rings. The minimum Gasteiger partial charge on any atom is -0.379 e. The maximum absolute atomic E-state index is 11.2. The molecule has 34 heavy (non-hydrogen) atoms. The van der Waals surface area contributed by atoms with Gasteiger partial charge in [0.1, 0.15) is 12.7 Å². The van der Waals surface area contributed by atoms with Crippen molar-refractivity contribution in [2.45, 2.75) is 110 Å². The van der Waals surface area contributed by atoms with Gasteiger partial charge >= 0.3 is 0 Å². The Bertz CT molecular complexity index is 420. The molecule has 1 unspecified atom stereocenters. The summed E-state index contributed by atoms with van der Waals surface area (Å²) in [5, 5.41) is 0. The molecule has 0 aromatic heterocycles. The molecule has 6 heteroatoms. The fraction of sp³-hybridized carbons (Fsp3) is 0.964. The first kappa shape index (κ1) is 33.5. The zero-order chi connectivity index (χ0) is 25.1. The highest BCUT2D eigenvalue weighted by Gasteiger charge is 2.11. The van der Waals surface area contributed by atoms with Gasteiger partial charge in [0.2, 0.25) is 0 Å². The van der Waals surface area contributed by atoms with Gasteiger partial charge in [-0.1, -0.05) is 90.4 Å². The molecule has 0 saturated heterocycles. The fourth-order valence-electron chi connectivity index (χ4n) is 3.67. The van der Waals surface area contributed by atoms with Crippen LogP contribution in [0.15, 0.2) is 0 Å². The summed E-state index contributed by atoms with van der Waals surface area (Å²) in [6.45, 7) is 8.23. The number of rotatable bonds is 28. The van der Waals surface area contributed by atoms with Crippen molar-refractivity contribution in [3.63, 3.8) is 0 Å². The average molecular weight is 488 g/mol. The zero-order valence-corrected chi connectivity index (χ0v) is 23.1. The molecule has 0 aliphatic carbocycles. The molecular formula is C28H57NO5. The lowest BCUT2D eigenvalue weighted by Gasteiger charge is -2.18. The summed E-state index contributed by atoms with van der Waals surface area (Å²) in [4.78, 5) is 13.3. The summed E-state index contributed by atoms with van der Waals surface area (Å²) in [6, 6.07) is 0. The number of ketones is 1. The lowest BCUT2D eigenvalue weighted by molar-refractivity contribution is -0.127. The first-order chi connectivity index (χ1) is 16.6. The minimum absolute atomic E-state index is 0.0176. The lowest BCUT2D eigenvalue weighted by Crippen LogP contribution is -2.28. The van der Waals surface area contributed by atoms with E-state index in [4.69, 9.17) is 18.9 Å². The molecule has 0 aromatic carbocycles. The molecule has 0 saturated carbocycles. The number of nitrogens with zero attached hydrogens (tertiary/aromatic N) is 1. The van der Waals surface area contributed by atoms with Crippen molar-refractivity contribution in [2.24, 2.45) is 0 Å². The van der Waals surface area contributed by atoms with Crippen LogP contribution in [-0.4, -0.2) is 83.7 Å². The van der Waals surface area contributed by atoms with Gasteiger partial charge in [0.05, 0.1) is 33.0 Å². The van der Waals surface area contributed by atoms with Crippen LogP contribution in [0.1, 0.15) is 104 Å². The van der Waals surface area contributed by atoms with E-state index in [1.165, 1.54) is 90.4 Å². The third kappa shape index (κ3) is 27.7. The van der Waals surface area contributed by atoms with Crippen molar-refractivity contribution >= 4 is 5.78 Å². The Hall–Kier alpha value is -0.530. The summed E-state index contributed by atoms with van der Waals surface area (Å²) in [5.41, 5.74) is 0. The number of ether oxygens (including phenoxy) is 4. The van der Waals surface area contributed by atoms with Gasteiger partial charge in [0.25, 0.3) is 0 Å². The van der Waals surface area contributed by atoms with Crippen LogP contribution in [-0.2, 0) is 23.7 Å². The molecule has 0 aliphatic rings. The van der Waals surface area contributed by atoms with Gasteiger partial charge in [-0.3, -0.25) is 4.79 Å². The second kappa shape index (κ2) is 27.1. The molecule has 0 N–H and O–H groups in total. The van der Waals surface area contributed by atoms with Crippen LogP contribution in [0.5, 0.6) is 0 Å². The second-order valence-corrected chi connectivity index (χ2v) is 9.80. The highest BCUT2D eigenvalue weighted by Crippen LogP contribution is 2.13. The molecule has 0 spiro atoms. The van der Waals surface area contributed by atoms with Gasteiger partial charge in [0, 0.05) is 13.2 Å². The average Bonchev–Trinajstić information content (AvgIpc) is 2.80. The summed E-state index contributed by atoms with van der Waals surface area (Å²) in [6.07, 6.45) is 18.8. The van der Waals surface area contributed by atoms with E-state index in [0.717, 1.165) is 19.6 Å². The Morgan fingerprint density at radius 2 is 1.12 bits per heavy atom. The maximum Gasteiger partial charge on any atom is 0.155 e. The topological polar surface area (TPSA) is 57.2 Å². The third-order valence-corrected chi connectivity index (χ3v) is 5.83. The van der Waals surface area contributed by atoms with Crippen molar-refractivity contribution in [2.75, 3.05) is 66.9 Å². The normalized spacial score (nSPS) is 12.5. The molecule has 0 rings (SSSR count). The monoisotopic (exact) mass is 487 g/mol. The molecular weight excluding hydrogens is 430 g/mol. The number of carbonyl (C=O) groups excluding carboxylic acids is 1. The van der Waals surface area contributed by atoms with Crippen molar-refractivity contribution in [3.8, 4) is 0 Å². The summed E-state index contributed by atoms with van der Waals surface area (Å²) < 4.78 is 22.6. The van der Waals surface area contributed by atoms with Crippen LogP contribution in [0.25, 0.3) is 0 Å². The van der Waals surface area contributed by atoms with E-state index in [1.54, 1.807) is 0 Å². The maximum atomic E-state index is 11.2. The Morgan fingerprint density at radius 3 is 1.62 bits per heavy atom. The lowest BCUT2D eigenvalue weighted by atomic mass is 10.0. The number of hydrogen-bond acceptors (Lipinski definition) is 6. The largest absolute Gasteiger partial charge is 0.379 e. The van der Waals surface area contributed by atoms with Crippen LogP contribution >= 0.6 is 0 Å². The quantitative estimate of drug-likeness (QED) is 0.125. The Labute approximate surface area is 211 Å². The standard InChI is InChI=1S/C28H57NO5/c1-5-6-7-8-9-10-11-12-13-14-15-16-17-18-20-32-25-28(34-24-27(2)30)26-33-23-22-31-21-19-29(3)4/h28H,5-26H2,1-4H3. The van der Waals surface area contributed by atoms with Crippen molar-refractivity contribution in [1.29, 1.82) is 0 Å². The number of hydrogen-bond donors (Lipinski definition) is 0. The van der Waals surface area contributed by atoms with E-state index in [9.17, 15) is 4.79 Å². The molecule has 0 heterocycles. The first-order valence-electron chi connectivity index (χ1n) is 14.0. The highest BCUT2D eigenvalue weighted by molar-refractivity contribution is 5.76. The molecule has 0 radical (unpaired) electrons. The van der Waals surface area contributed by atoms with E-state index >= 15 is 0 Å². The first-order valence-corrected chi connectivity index (χ1v) is 14.0. The highest BCUT2D eigenvalue weighted by atomic mass is 16.6. The van der Waals surface area contributed by atoms with Crippen LogP contribution in [0.4, 0.5) is 0 Å². The van der Waals surface area contributed by atoms with Gasteiger partial charge in [-0.05, 0) is 27.4 Å². The molecule has 0 fully saturated rings. The Morgan fingerprint density at radius 1 is 0.647 bits per heavy atom. The van der Waals surface area contributed by atoms with Crippen LogP contribution in [0.3, 0.4) is 0 Å². The summed E-state index contributed by atoms with van der Waals surface area (Å²) in [7, 11) is 4.05. The number of carbonyl (C=O) groups is 1. The smallest absolute Gasteiger partial charge is 0.155 e. The fourth-order valence-corrected chi connectivity index (χ4v) is 3.67. The summed E-state index contributed by atoms with van der Waals surface area (Å²) in [5.74, 6) is 0.0176. The van der Waals surface area contributed by atoms with Crippen LogP contribution in [0.2, 0.25) is 0 Å². The Balaban J connectivity index is 3.56. The molecule has 6 nitrogen and oxygen atoms in total. The number of unbranched alkanes of at least 4 members (excludes halogenated alkanes) is 13. The molecule has 1 atom stereocenters. The van der Waals surface area contributed by atoms with Crippen LogP contribution in [0, 0.1) is 0 Å². The van der Waals surface area contributed by atoms with Gasteiger partial charge < -0.3 is 23.8 Å². The predicted octanol–water partition coefficient (Wildman–Crippen LogP) is 6.05. The van der Waals surface area contributed by atoms with E-state index < -0.39 is 0 Å². The molecule has 0 amide bonds. The van der Waals surface area contributed by atoms with Gasteiger partial charge in [-0.2, -0.15) is 0 Å². The van der Waals surface area contributed by atoms with E-state index in [-0.39, 0.29) is 18.5 Å². The zero-order valence-electron chi connectivity index (χ0n) is 23.1. The molecule has 204 valence electrons. The minimum atomic E-state index is -0.211. The summed E-state index contributed by atoms with van der Waals surface area (Å²) >= 11 is 0. The van der Waals surface area contributed by atoms with E-state index in [0.29, 0.717) is 33.0 Å². The predicted molar refractivity (Wildman–Crippen MR) is 142 cm³/mol. The molecule has 0 bridgehead atoms. The SMILES string of the molecule is CCCCCCCCCCCCCCCCOCC(COCCOCCN(C)C)OCC(C)=O. The van der Waals surface area contributed by atoms with E-state index in [1.807, 2.05) is 14.1 Å². The van der Waals surface area contributed by atoms with Crippen molar-refractivity contribution in [1.82, 2.24) is 4.90 Å². The third-order valence-electron chi connectivity index (χ3n) is 5.83. The van der Waals surface area contributed by atoms with Crippen molar-refractivity contribution < 1.29 is 23.7 Å². The Kier molecular flexibility index (Phi) is 26.6. The number of likely N-dealkylation sites (N-methyl/N-ethyl adjacent to an activating group) is 1. The van der Waals surface area contributed by atoms with Crippen LogP contribution < -0.4 is 0 Å². The van der Waals surface area contributed by atoms with Gasteiger partial charge in [-0.15, -0.1) is 0 Å².